The van der Waals surface area contributed by atoms with E-state index in [0.717, 1.165) is 6.42 Å². The molecule has 2 nitrogen and oxygen atoms in total. The average Bonchev–Trinajstić information content (AvgIpc) is 2.23. The number of rotatable bonds is 6. The highest BCUT2D eigenvalue weighted by molar-refractivity contribution is 5.92. The topological polar surface area (TPSA) is 26.3 Å². The third-order valence-electron chi connectivity index (χ3n) is 2.87. The van der Waals surface area contributed by atoms with Crippen LogP contribution in [0.4, 0.5) is 8.78 Å². The standard InChI is InChI=1S/C12H20F2O2/c1-6-12(3,4)10(16-5)7-9(15)8(2)11(13)14/h7-8,11H,6H2,1-5H3/b10-7-. The summed E-state index contributed by atoms with van der Waals surface area (Å²) in [6, 6.07) is 0. The van der Waals surface area contributed by atoms with Crippen LogP contribution in [0.3, 0.4) is 0 Å². The summed E-state index contributed by atoms with van der Waals surface area (Å²) >= 11 is 0. The Kier molecular flexibility index (Phi) is 5.62. The van der Waals surface area contributed by atoms with Crippen LogP contribution >= 0.6 is 0 Å². The summed E-state index contributed by atoms with van der Waals surface area (Å²) in [7, 11) is 1.45. The van der Waals surface area contributed by atoms with E-state index < -0.39 is 18.1 Å². The lowest BCUT2D eigenvalue weighted by molar-refractivity contribution is -0.122. The Morgan fingerprint density at radius 1 is 1.44 bits per heavy atom. The number of methoxy groups -OCH3 is 1. The van der Waals surface area contributed by atoms with E-state index >= 15 is 0 Å². The first kappa shape index (κ1) is 15.1. The summed E-state index contributed by atoms with van der Waals surface area (Å²) in [5.41, 5.74) is -0.313. The quantitative estimate of drug-likeness (QED) is 0.520. The largest absolute Gasteiger partial charge is 0.500 e. The van der Waals surface area contributed by atoms with Gasteiger partial charge in [0.25, 0.3) is 0 Å². The van der Waals surface area contributed by atoms with Gasteiger partial charge in [-0.3, -0.25) is 4.79 Å². The van der Waals surface area contributed by atoms with Crippen molar-refractivity contribution in [2.45, 2.75) is 40.5 Å². The zero-order valence-electron chi connectivity index (χ0n) is 10.5. The van der Waals surface area contributed by atoms with Gasteiger partial charge in [0.2, 0.25) is 6.43 Å². The molecule has 0 aliphatic rings. The molecule has 0 saturated heterocycles. The van der Waals surface area contributed by atoms with Crippen LogP contribution in [0, 0.1) is 11.3 Å². The molecule has 4 heteroatoms. The molecule has 94 valence electrons. The van der Waals surface area contributed by atoms with E-state index in [9.17, 15) is 13.6 Å². The molecule has 0 radical (unpaired) electrons. The summed E-state index contributed by atoms with van der Waals surface area (Å²) < 4.78 is 29.7. The van der Waals surface area contributed by atoms with E-state index in [0.29, 0.717) is 5.76 Å². The summed E-state index contributed by atoms with van der Waals surface area (Å²) in [4.78, 5) is 11.5. The van der Waals surface area contributed by atoms with E-state index in [1.165, 1.54) is 20.1 Å². The van der Waals surface area contributed by atoms with Crippen molar-refractivity contribution >= 4 is 5.78 Å². The van der Waals surface area contributed by atoms with Crippen molar-refractivity contribution in [1.29, 1.82) is 0 Å². The number of ketones is 1. The van der Waals surface area contributed by atoms with E-state index in [4.69, 9.17) is 4.74 Å². The summed E-state index contributed by atoms with van der Waals surface area (Å²) in [5, 5.41) is 0. The Morgan fingerprint density at radius 3 is 2.25 bits per heavy atom. The van der Waals surface area contributed by atoms with Gasteiger partial charge >= 0.3 is 0 Å². The Balaban J connectivity index is 4.91. The van der Waals surface area contributed by atoms with Gasteiger partial charge in [-0.05, 0) is 13.3 Å². The van der Waals surface area contributed by atoms with Crippen LogP contribution in [0.2, 0.25) is 0 Å². The maximum atomic E-state index is 12.3. The SMILES string of the molecule is CCC(C)(C)/C(=C/C(=O)C(C)C(F)F)OC. The smallest absolute Gasteiger partial charge is 0.248 e. The molecule has 0 saturated carbocycles. The third-order valence-corrected chi connectivity index (χ3v) is 2.87. The first-order valence-electron chi connectivity index (χ1n) is 5.34. The Bertz CT molecular complexity index is 270. The van der Waals surface area contributed by atoms with Gasteiger partial charge in [-0.1, -0.05) is 20.8 Å². The molecule has 0 spiro atoms. The van der Waals surface area contributed by atoms with Gasteiger partial charge in [-0.15, -0.1) is 0 Å². The maximum Gasteiger partial charge on any atom is 0.248 e. The number of alkyl halides is 2. The highest BCUT2D eigenvalue weighted by atomic mass is 19.3. The van der Waals surface area contributed by atoms with Gasteiger partial charge < -0.3 is 4.74 Å². The fourth-order valence-electron chi connectivity index (χ4n) is 1.09. The molecule has 0 aliphatic heterocycles. The summed E-state index contributed by atoms with van der Waals surface area (Å²) in [6.07, 6.45) is -0.671. The van der Waals surface area contributed by atoms with Crippen LogP contribution in [0.25, 0.3) is 0 Å². The fourth-order valence-corrected chi connectivity index (χ4v) is 1.09. The van der Waals surface area contributed by atoms with Gasteiger partial charge in [-0.25, -0.2) is 8.78 Å². The van der Waals surface area contributed by atoms with Crippen LogP contribution in [-0.2, 0) is 9.53 Å². The van der Waals surface area contributed by atoms with E-state index in [2.05, 4.69) is 0 Å². The molecule has 1 unspecified atom stereocenters. The highest BCUT2D eigenvalue weighted by Crippen LogP contribution is 2.30. The molecule has 0 aromatic heterocycles. The minimum Gasteiger partial charge on any atom is -0.500 e. The van der Waals surface area contributed by atoms with Gasteiger partial charge in [-0.2, -0.15) is 0 Å². The van der Waals surface area contributed by atoms with Crippen molar-refractivity contribution in [3.63, 3.8) is 0 Å². The number of halogens is 2. The molecule has 0 aromatic rings. The second kappa shape index (κ2) is 5.97. The zero-order chi connectivity index (χ0) is 12.9. The van der Waals surface area contributed by atoms with E-state index in [1.54, 1.807) is 0 Å². The first-order chi connectivity index (χ1) is 7.26. The minimum atomic E-state index is -2.63. The van der Waals surface area contributed by atoms with Gasteiger partial charge in [0.05, 0.1) is 13.0 Å². The molecule has 0 aromatic carbocycles. The second-order valence-electron chi connectivity index (χ2n) is 4.48. The van der Waals surface area contributed by atoms with Gasteiger partial charge in [0.1, 0.15) is 5.76 Å². The second-order valence-corrected chi connectivity index (χ2v) is 4.48. The maximum absolute atomic E-state index is 12.3. The zero-order valence-corrected chi connectivity index (χ0v) is 10.5. The van der Waals surface area contributed by atoms with Crippen LogP contribution < -0.4 is 0 Å². The monoisotopic (exact) mass is 234 g/mol. The highest BCUT2D eigenvalue weighted by Gasteiger charge is 2.27. The predicted octanol–water partition coefficient (Wildman–Crippen LogP) is 3.42. The summed E-state index contributed by atoms with van der Waals surface area (Å²) in [5.74, 6) is -1.42. The van der Waals surface area contributed by atoms with Crippen LogP contribution in [-0.4, -0.2) is 19.3 Å². The molecule has 0 aliphatic carbocycles. The van der Waals surface area contributed by atoms with Crippen LogP contribution in [0.1, 0.15) is 34.1 Å². The number of allylic oxidation sites excluding steroid dienone is 2. The van der Waals surface area contributed by atoms with Crippen molar-refractivity contribution in [3.05, 3.63) is 11.8 Å². The molecule has 0 N–H and O–H groups in total. The van der Waals surface area contributed by atoms with Gasteiger partial charge in [0.15, 0.2) is 5.78 Å². The van der Waals surface area contributed by atoms with Crippen molar-refractivity contribution < 1.29 is 18.3 Å². The third kappa shape index (κ3) is 3.91. The molecular weight excluding hydrogens is 214 g/mol. The summed E-state index contributed by atoms with van der Waals surface area (Å²) in [6.45, 7) is 6.98. The van der Waals surface area contributed by atoms with E-state index in [-0.39, 0.29) is 5.41 Å². The lowest BCUT2D eigenvalue weighted by Crippen LogP contribution is -2.21. The van der Waals surface area contributed by atoms with E-state index in [1.807, 2.05) is 20.8 Å². The number of carbonyl (C=O) groups excluding carboxylic acids is 1. The Morgan fingerprint density at radius 2 is 1.94 bits per heavy atom. The lowest BCUT2D eigenvalue weighted by atomic mass is 9.86. The molecule has 16 heavy (non-hydrogen) atoms. The normalized spacial score (nSPS) is 15.1. The van der Waals surface area contributed by atoms with Crippen molar-refractivity contribution in [2.24, 2.45) is 11.3 Å². The van der Waals surface area contributed by atoms with Gasteiger partial charge in [0, 0.05) is 11.5 Å². The molecule has 0 fully saturated rings. The lowest BCUT2D eigenvalue weighted by Gasteiger charge is -2.25. The van der Waals surface area contributed by atoms with Crippen molar-refractivity contribution in [2.75, 3.05) is 7.11 Å². The predicted molar refractivity (Wildman–Crippen MR) is 59.3 cm³/mol. The molecular formula is C12H20F2O2. The van der Waals surface area contributed by atoms with Crippen LogP contribution in [0.15, 0.2) is 11.8 Å². The minimum absolute atomic E-state index is 0.313. The first-order valence-corrected chi connectivity index (χ1v) is 5.34. The number of carbonyl (C=O) groups is 1. The average molecular weight is 234 g/mol. The molecule has 0 rings (SSSR count). The number of hydrogen-bond acceptors (Lipinski definition) is 2. The molecule has 0 heterocycles. The number of ether oxygens (including phenoxy) is 1. The Labute approximate surface area is 95.7 Å². The molecule has 0 bridgehead atoms. The van der Waals surface area contributed by atoms with Crippen molar-refractivity contribution in [1.82, 2.24) is 0 Å². The number of hydrogen-bond donors (Lipinski definition) is 0. The van der Waals surface area contributed by atoms with Crippen molar-refractivity contribution in [3.8, 4) is 0 Å². The van der Waals surface area contributed by atoms with Crippen LogP contribution in [0.5, 0.6) is 0 Å². The Hall–Kier alpha value is -0.930. The fraction of sp³-hybridized carbons (Fsp3) is 0.750. The molecule has 0 amide bonds. The molecule has 1 atom stereocenters.